The Bertz CT molecular complexity index is 365. The average molecular weight is 289 g/mol. The lowest BCUT2D eigenvalue weighted by Crippen LogP contribution is -2.43. The molecule has 1 rings (SSSR count). The Hall–Kier alpha value is -2.02. The molecule has 0 saturated carbocycles. The van der Waals surface area contributed by atoms with Gasteiger partial charge >= 0.3 is 0 Å². The second-order valence-electron chi connectivity index (χ2n) is 3.44. The zero-order valence-corrected chi connectivity index (χ0v) is 11.6. The molecular formula is C11H21ClN6O. The van der Waals surface area contributed by atoms with Gasteiger partial charge in [-0.2, -0.15) is 0 Å². The molecule has 0 aliphatic heterocycles. The molecular weight excluding hydrogens is 268 g/mol. The van der Waals surface area contributed by atoms with Gasteiger partial charge in [-0.1, -0.05) is 13.3 Å². The third kappa shape index (κ3) is 12.2. The van der Waals surface area contributed by atoms with Gasteiger partial charge in [0, 0.05) is 12.7 Å². The molecule has 0 radical (unpaired) electrons. The molecule has 108 valence electrons. The number of unbranched alkanes of at least 4 members (excludes halogenated alkanes) is 1. The zero-order chi connectivity index (χ0) is 13.8. The van der Waals surface area contributed by atoms with Crippen molar-refractivity contribution in [3.63, 3.8) is 0 Å². The summed E-state index contributed by atoms with van der Waals surface area (Å²) in [4.78, 5) is 12.6. The topological polar surface area (TPSA) is 131 Å². The SMILES string of the molecule is CCCCNC(=N)NC(=N)N.Cl.O=Cc1ccc[nH]1. The minimum Gasteiger partial charge on any atom is -0.370 e. The van der Waals surface area contributed by atoms with Gasteiger partial charge in [-0.25, -0.2) is 0 Å². The summed E-state index contributed by atoms with van der Waals surface area (Å²) in [6.45, 7) is 2.82. The van der Waals surface area contributed by atoms with E-state index in [1.165, 1.54) is 0 Å². The molecule has 7 N–H and O–H groups in total. The summed E-state index contributed by atoms with van der Waals surface area (Å²) in [6.07, 6.45) is 4.59. The molecule has 0 amide bonds. The average Bonchev–Trinajstić information content (AvgIpc) is 2.82. The van der Waals surface area contributed by atoms with Crippen molar-refractivity contribution in [2.75, 3.05) is 6.54 Å². The molecule has 1 heterocycles. The van der Waals surface area contributed by atoms with E-state index in [0.717, 1.165) is 25.7 Å². The van der Waals surface area contributed by atoms with Gasteiger partial charge in [-0.3, -0.25) is 20.9 Å². The van der Waals surface area contributed by atoms with Crippen LogP contribution in [-0.4, -0.2) is 29.7 Å². The standard InChI is InChI=1S/C6H15N5.C5H5NO.ClH/c1-2-3-4-10-6(9)11-5(7)8;7-4-5-2-1-3-6-5;/h2-4H2,1H3,(H6,7,8,9,10,11);1-4,6H;1H. The number of carbonyl (C=O) groups excluding carboxylic acids is 1. The molecule has 7 nitrogen and oxygen atoms in total. The molecule has 0 bridgehead atoms. The van der Waals surface area contributed by atoms with Crippen molar-refractivity contribution in [3.8, 4) is 0 Å². The van der Waals surface area contributed by atoms with Crippen molar-refractivity contribution in [2.24, 2.45) is 5.73 Å². The van der Waals surface area contributed by atoms with Crippen LogP contribution in [0.4, 0.5) is 0 Å². The number of guanidine groups is 2. The summed E-state index contributed by atoms with van der Waals surface area (Å²) in [6, 6.07) is 3.50. The maximum atomic E-state index is 9.84. The van der Waals surface area contributed by atoms with E-state index < -0.39 is 0 Å². The number of aromatic amines is 1. The second-order valence-corrected chi connectivity index (χ2v) is 3.44. The Morgan fingerprint density at radius 3 is 2.58 bits per heavy atom. The van der Waals surface area contributed by atoms with E-state index >= 15 is 0 Å². The van der Waals surface area contributed by atoms with Gasteiger partial charge in [0.05, 0.1) is 5.69 Å². The first-order valence-corrected chi connectivity index (χ1v) is 5.62. The molecule has 0 fully saturated rings. The quantitative estimate of drug-likeness (QED) is 0.214. The highest BCUT2D eigenvalue weighted by Crippen LogP contribution is 1.85. The first kappa shape index (κ1) is 19.3. The molecule has 0 atom stereocenters. The highest BCUT2D eigenvalue weighted by Gasteiger charge is 1.93. The number of carbonyl (C=O) groups is 1. The van der Waals surface area contributed by atoms with Gasteiger partial charge < -0.3 is 16.0 Å². The first-order valence-electron chi connectivity index (χ1n) is 5.62. The fourth-order valence-electron chi connectivity index (χ4n) is 0.987. The van der Waals surface area contributed by atoms with E-state index in [-0.39, 0.29) is 24.3 Å². The number of rotatable bonds is 4. The van der Waals surface area contributed by atoms with Crippen LogP contribution in [0.5, 0.6) is 0 Å². The summed E-state index contributed by atoms with van der Waals surface area (Å²) in [5.74, 6) is -0.120. The van der Waals surface area contributed by atoms with Crippen LogP contribution < -0.4 is 16.4 Å². The molecule has 1 aromatic heterocycles. The van der Waals surface area contributed by atoms with Crippen LogP contribution in [0.15, 0.2) is 18.3 Å². The highest BCUT2D eigenvalue weighted by molar-refractivity contribution is 5.94. The Morgan fingerprint density at radius 2 is 2.21 bits per heavy atom. The van der Waals surface area contributed by atoms with Crippen LogP contribution in [0.3, 0.4) is 0 Å². The first-order chi connectivity index (χ1) is 8.60. The number of nitrogens with one attached hydrogen (secondary N) is 5. The Morgan fingerprint density at radius 1 is 1.53 bits per heavy atom. The number of aldehydes is 1. The number of hydrogen-bond donors (Lipinski definition) is 6. The smallest absolute Gasteiger partial charge is 0.195 e. The predicted molar refractivity (Wildman–Crippen MR) is 79.1 cm³/mol. The third-order valence-corrected chi connectivity index (χ3v) is 1.84. The van der Waals surface area contributed by atoms with E-state index in [0.29, 0.717) is 5.69 Å². The van der Waals surface area contributed by atoms with Gasteiger partial charge in [0.1, 0.15) is 0 Å². The fraction of sp³-hybridized carbons (Fsp3) is 0.364. The maximum absolute atomic E-state index is 9.84. The molecule has 0 spiro atoms. The van der Waals surface area contributed by atoms with E-state index in [4.69, 9.17) is 16.6 Å². The Balaban J connectivity index is 0. The largest absolute Gasteiger partial charge is 0.370 e. The molecule has 0 aliphatic rings. The summed E-state index contributed by atoms with van der Waals surface area (Å²) in [5.41, 5.74) is 5.61. The van der Waals surface area contributed by atoms with Crippen molar-refractivity contribution in [1.29, 1.82) is 10.8 Å². The summed E-state index contributed by atoms with van der Waals surface area (Å²) in [5, 5.41) is 19.0. The molecule has 0 aromatic carbocycles. The Labute approximate surface area is 118 Å². The molecule has 0 aliphatic carbocycles. The van der Waals surface area contributed by atoms with Crippen LogP contribution in [0.2, 0.25) is 0 Å². The van der Waals surface area contributed by atoms with Crippen LogP contribution in [0.25, 0.3) is 0 Å². The van der Waals surface area contributed by atoms with Gasteiger partial charge in [0.15, 0.2) is 18.2 Å². The molecule has 0 unspecified atom stereocenters. The summed E-state index contributed by atoms with van der Waals surface area (Å²) < 4.78 is 0. The zero-order valence-electron chi connectivity index (χ0n) is 10.8. The minimum absolute atomic E-state index is 0. The Kier molecular flexibility index (Phi) is 12.6. The molecule has 19 heavy (non-hydrogen) atoms. The fourth-order valence-corrected chi connectivity index (χ4v) is 0.987. The van der Waals surface area contributed by atoms with Crippen LogP contribution >= 0.6 is 12.4 Å². The molecule has 1 aromatic rings. The van der Waals surface area contributed by atoms with Crippen molar-refractivity contribution in [2.45, 2.75) is 19.8 Å². The summed E-state index contributed by atoms with van der Waals surface area (Å²) >= 11 is 0. The van der Waals surface area contributed by atoms with E-state index in [1.54, 1.807) is 18.3 Å². The van der Waals surface area contributed by atoms with E-state index in [9.17, 15) is 4.79 Å². The molecule has 8 heteroatoms. The van der Waals surface area contributed by atoms with Crippen LogP contribution in [0.1, 0.15) is 30.3 Å². The number of hydrogen-bond acceptors (Lipinski definition) is 3. The number of halogens is 1. The lowest BCUT2D eigenvalue weighted by Gasteiger charge is -2.06. The number of H-pyrrole nitrogens is 1. The van der Waals surface area contributed by atoms with Crippen molar-refractivity contribution >= 4 is 30.6 Å². The van der Waals surface area contributed by atoms with Gasteiger partial charge in [0.2, 0.25) is 0 Å². The maximum Gasteiger partial charge on any atom is 0.195 e. The normalized spacial score (nSPS) is 8.26. The van der Waals surface area contributed by atoms with Gasteiger partial charge in [0.25, 0.3) is 0 Å². The van der Waals surface area contributed by atoms with Crippen molar-refractivity contribution < 1.29 is 4.79 Å². The van der Waals surface area contributed by atoms with Crippen molar-refractivity contribution in [3.05, 3.63) is 24.0 Å². The van der Waals surface area contributed by atoms with Crippen molar-refractivity contribution in [1.82, 2.24) is 15.6 Å². The molecule has 0 saturated heterocycles. The third-order valence-electron chi connectivity index (χ3n) is 1.84. The van der Waals surface area contributed by atoms with Gasteiger partial charge in [-0.05, 0) is 18.6 Å². The summed E-state index contributed by atoms with van der Waals surface area (Å²) in [7, 11) is 0. The minimum atomic E-state index is -0.209. The predicted octanol–water partition coefficient (Wildman–Crippen LogP) is 1.04. The van der Waals surface area contributed by atoms with Gasteiger partial charge in [-0.15, -0.1) is 12.4 Å². The highest BCUT2D eigenvalue weighted by atomic mass is 35.5. The van der Waals surface area contributed by atoms with E-state index in [1.807, 2.05) is 0 Å². The lowest BCUT2D eigenvalue weighted by atomic mass is 10.3. The number of nitrogens with two attached hydrogens (primary N) is 1. The van der Waals surface area contributed by atoms with E-state index in [2.05, 4.69) is 22.5 Å². The van der Waals surface area contributed by atoms with Crippen LogP contribution in [-0.2, 0) is 0 Å². The monoisotopic (exact) mass is 288 g/mol. The lowest BCUT2D eigenvalue weighted by molar-refractivity contribution is 0.111. The second kappa shape index (κ2) is 12.4. The van der Waals surface area contributed by atoms with Crippen LogP contribution in [0, 0.1) is 10.8 Å². The number of aromatic nitrogens is 1.